The van der Waals surface area contributed by atoms with Gasteiger partial charge in [-0.05, 0) is 28.1 Å². The Morgan fingerprint density at radius 3 is 2.92 bits per heavy atom. The molecule has 1 heterocycles. The van der Waals surface area contributed by atoms with Gasteiger partial charge in [0.15, 0.2) is 0 Å². The molecule has 2 nitrogen and oxygen atoms in total. The molecule has 0 aliphatic heterocycles. The molecule has 0 aliphatic carbocycles. The average Bonchev–Trinajstić information content (AvgIpc) is 2.05. The third-order valence-corrected chi connectivity index (χ3v) is 1.86. The molecule has 60 valence electrons. The lowest BCUT2D eigenvalue weighted by atomic mass is 10.3. The van der Waals surface area contributed by atoms with Crippen LogP contribution in [0, 0.1) is 5.82 Å². The molecular formula is C8H4BrFN2. The van der Waals surface area contributed by atoms with Crippen molar-refractivity contribution in [2.75, 3.05) is 0 Å². The normalized spacial score (nSPS) is 10.5. The van der Waals surface area contributed by atoms with Crippen LogP contribution in [0.2, 0.25) is 0 Å². The zero-order valence-corrected chi connectivity index (χ0v) is 7.55. The van der Waals surface area contributed by atoms with Gasteiger partial charge in [0.2, 0.25) is 0 Å². The molecule has 1 aromatic carbocycles. The molecule has 0 atom stereocenters. The van der Waals surface area contributed by atoms with Crippen LogP contribution in [0.5, 0.6) is 0 Å². The minimum absolute atomic E-state index is 0.292. The van der Waals surface area contributed by atoms with Crippen LogP contribution in [0.15, 0.2) is 29.0 Å². The van der Waals surface area contributed by atoms with Crippen molar-refractivity contribution in [3.05, 3.63) is 34.8 Å². The molecule has 2 aromatic rings. The van der Waals surface area contributed by atoms with Crippen LogP contribution in [0.1, 0.15) is 0 Å². The molecule has 0 unspecified atom stereocenters. The summed E-state index contributed by atoms with van der Waals surface area (Å²) in [5.74, 6) is -0.292. The number of hydrogen-bond donors (Lipinski definition) is 0. The first-order chi connectivity index (χ1) is 5.75. The van der Waals surface area contributed by atoms with Crippen LogP contribution in [0.4, 0.5) is 4.39 Å². The quantitative estimate of drug-likeness (QED) is 0.691. The van der Waals surface area contributed by atoms with Crippen LogP contribution in [0.3, 0.4) is 0 Å². The van der Waals surface area contributed by atoms with Crippen molar-refractivity contribution in [3.63, 3.8) is 0 Å². The Kier molecular flexibility index (Phi) is 1.77. The Hall–Kier alpha value is -1.03. The molecule has 4 heteroatoms. The molecule has 0 saturated heterocycles. The van der Waals surface area contributed by atoms with Gasteiger partial charge in [-0.3, -0.25) is 4.98 Å². The van der Waals surface area contributed by atoms with Crippen LogP contribution < -0.4 is 0 Å². The Morgan fingerprint density at radius 1 is 1.25 bits per heavy atom. The van der Waals surface area contributed by atoms with E-state index in [-0.39, 0.29) is 5.82 Å². The van der Waals surface area contributed by atoms with Crippen molar-refractivity contribution in [1.82, 2.24) is 9.97 Å². The summed E-state index contributed by atoms with van der Waals surface area (Å²) in [6.45, 7) is 0. The minimum Gasteiger partial charge on any atom is -0.252 e. The van der Waals surface area contributed by atoms with Gasteiger partial charge in [0.05, 0.1) is 17.2 Å². The molecule has 0 fully saturated rings. The molecule has 0 aliphatic rings. The van der Waals surface area contributed by atoms with E-state index in [1.54, 1.807) is 12.3 Å². The van der Waals surface area contributed by atoms with Crippen molar-refractivity contribution >= 4 is 27.0 Å². The van der Waals surface area contributed by atoms with Gasteiger partial charge >= 0.3 is 0 Å². The highest BCUT2D eigenvalue weighted by Crippen LogP contribution is 2.13. The second-order valence-electron chi connectivity index (χ2n) is 2.33. The minimum atomic E-state index is -0.292. The summed E-state index contributed by atoms with van der Waals surface area (Å²) in [4.78, 5) is 8.10. The number of halogens is 2. The maximum atomic E-state index is 12.7. The second-order valence-corrected chi connectivity index (χ2v) is 3.14. The van der Waals surface area contributed by atoms with Gasteiger partial charge in [0, 0.05) is 6.07 Å². The van der Waals surface area contributed by atoms with Crippen LogP contribution in [-0.4, -0.2) is 9.97 Å². The summed E-state index contributed by atoms with van der Waals surface area (Å²) in [7, 11) is 0. The summed E-state index contributed by atoms with van der Waals surface area (Å²) in [6, 6.07) is 4.32. The first kappa shape index (κ1) is 7.61. The van der Waals surface area contributed by atoms with Crippen molar-refractivity contribution in [1.29, 1.82) is 0 Å². The van der Waals surface area contributed by atoms with Crippen LogP contribution in [0.25, 0.3) is 11.0 Å². The molecule has 0 amide bonds. The molecule has 1 aromatic heterocycles. The van der Waals surface area contributed by atoms with Gasteiger partial charge in [0.1, 0.15) is 10.4 Å². The number of hydrogen-bond acceptors (Lipinski definition) is 2. The SMILES string of the molecule is Fc1ccc2nc(Br)cnc2c1. The summed E-state index contributed by atoms with van der Waals surface area (Å²) in [5, 5.41) is 0. The van der Waals surface area contributed by atoms with Crippen LogP contribution in [-0.2, 0) is 0 Å². The smallest absolute Gasteiger partial charge is 0.125 e. The van der Waals surface area contributed by atoms with E-state index in [9.17, 15) is 4.39 Å². The number of nitrogens with zero attached hydrogens (tertiary/aromatic N) is 2. The maximum absolute atomic E-state index is 12.7. The van der Waals surface area contributed by atoms with Gasteiger partial charge in [-0.25, -0.2) is 9.37 Å². The summed E-state index contributed by atoms with van der Waals surface area (Å²) < 4.78 is 13.3. The van der Waals surface area contributed by atoms with Gasteiger partial charge < -0.3 is 0 Å². The second kappa shape index (κ2) is 2.79. The fraction of sp³-hybridized carbons (Fsp3) is 0. The van der Waals surface area contributed by atoms with E-state index < -0.39 is 0 Å². The predicted molar refractivity (Wildman–Crippen MR) is 47.2 cm³/mol. The van der Waals surface area contributed by atoms with Crippen LogP contribution >= 0.6 is 15.9 Å². The zero-order valence-electron chi connectivity index (χ0n) is 5.96. The summed E-state index contributed by atoms with van der Waals surface area (Å²) in [5.41, 5.74) is 1.25. The van der Waals surface area contributed by atoms with Crippen molar-refractivity contribution < 1.29 is 4.39 Å². The van der Waals surface area contributed by atoms with E-state index >= 15 is 0 Å². The monoisotopic (exact) mass is 226 g/mol. The Bertz CT molecular complexity index is 389. The van der Waals surface area contributed by atoms with Crippen molar-refractivity contribution in [2.24, 2.45) is 0 Å². The van der Waals surface area contributed by atoms with Gasteiger partial charge in [-0.15, -0.1) is 0 Å². The predicted octanol–water partition coefficient (Wildman–Crippen LogP) is 2.53. The van der Waals surface area contributed by atoms with E-state index in [0.29, 0.717) is 15.6 Å². The molecule has 0 radical (unpaired) electrons. The highest BCUT2D eigenvalue weighted by molar-refractivity contribution is 9.10. The maximum Gasteiger partial charge on any atom is 0.125 e. The van der Waals surface area contributed by atoms with E-state index in [2.05, 4.69) is 25.9 Å². The lowest BCUT2D eigenvalue weighted by Crippen LogP contribution is -1.84. The lowest BCUT2D eigenvalue weighted by molar-refractivity contribution is 0.629. The van der Waals surface area contributed by atoms with E-state index in [1.165, 1.54) is 12.1 Å². The standard InChI is InChI=1S/C8H4BrFN2/c9-8-4-11-7-3-5(10)1-2-6(7)12-8/h1-4H. The largest absolute Gasteiger partial charge is 0.252 e. The Labute approximate surface area is 76.6 Å². The number of fused-ring (bicyclic) bond motifs is 1. The highest BCUT2D eigenvalue weighted by atomic mass is 79.9. The molecule has 0 bridgehead atoms. The Morgan fingerprint density at radius 2 is 2.08 bits per heavy atom. The topological polar surface area (TPSA) is 25.8 Å². The molecule has 0 N–H and O–H groups in total. The molecule has 0 saturated carbocycles. The van der Waals surface area contributed by atoms with Crippen molar-refractivity contribution in [2.45, 2.75) is 0 Å². The molecule has 0 spiro atoms. The van der Waals surface area contributed by atoms with E-state index in [1.807, 2.05) is 0 Å². The molecule has 12 heavy (non-hydrogen) atoms. The molecule has 2 rings (SSSR count). The van der Waals surface area contributed by atoms with Gasteiger partial charge in [-0.1, -0.05) is 0 Å². The third kappa shape index (κ3) is 1.30. The van der Waals surface area contributed by atoms with E-state index in [4.69, 9.17) is 0 Å². The fourth-order valence-electron chi connectivity index (χ4n) is 0.961. The number of rotatable bonds is 0. The molecular weight excluding hydrogens is 223 g/mol. The lowest BCUT2D eigenvalue weighted by Gasteiger charge is -1.95. The summed E-state index contributed by atoms with van der Waals surface area (Å²) >= 11 is 3.18. The van der Waals surface area contributed by atoms with Gasteiger partial charge in [0.25, 0.3) is 0 Å². The first-order valence-corrected chi connectivity index (χ1v) is 4.13. The number of aromatic nitrogens is 2. The summed E-state index contributed by atoms with van der Waals surface area (Å²) in [6.07, 6.45) is 1.54. The number of benzene rings is 1. The third-order valence-electron chi connectivity index (χ3n) is 1.47. The fourth-order valence-corrected chi connectivity index (χ4v) is 1.25. The zero-order chi connectivity index (χ0) is 8.55. The highest BCUT2D eigenvalue weighted by Gasteiger charge is 1.98. The Balaban J connectivity index is 2.79. The van der Waals surface area contributed by atoms with Crippen molar-refractivity contribution in [3.8, 4) is 0 Å². The van der Waals surface area contributed by atoms with E-state index in [0.717, 1.165) is 0 Å². The van der Waals surface area contributed by atoms with Gasteiger partial charge in [-0.2, -0.15) is 0 Å². The average molecular weight is 227 g/mol. The first-order valence-electron chi connectivity index (χ1n) is 3.33.